The molecule has 0 spiro atoms. The molecule has 13 heavy (non-hydrogen) atoms. The molecule has 1 aromatic heterocycles. The van der Waals surface area contributed by atoms with E-state index in [2.05, 4.69) is 22.4 Å². The van der Waals surface area contributed by atoms with Crippen LogP contribution in [0.3, 0.4) is 0 Å². The molecule has 1 heterocycles. The topological polar surface area (TPSA) is 47.0 Å². The zero-order valence-corrected chi connectivity index (χ0v) is 8.08. The van der Waals surface area contributed by atoms with Gasteiger partial charge in [-0.3, -0.25) is 0 Å². The second-order valence-corrected chi connectivity index (χ2v) is 2.71. The molecule has 0 aromatic carbocycles. The first-order chi connectivity index (χ1) is 6.33. The summed E-state index contributed by atoms with van der Waals surface area (Å²) >= 11 is 0. The highest BCUT2D eigenvalue weighted by Crippen LogP contribution is 2.02. The first-order valence-electron chi connectivity index (χ1n) is 4.46. The molecule has 0 unspecified atom stereocenters. The highest BCUT2D eigenvalue weighted by Gasteiger charge is 1.94. The van der Waals surface area contributed by atoms with E-state index in [9.17, 15) is 0 Å². The van der Waals surface area contributed by atoms with Crippen LogP contribution in [0.2, 0.25) is 0 Å². The number of nitrogens with one attached hydrogen (secondary N) is 1. The molecular formula is C9H15N3O. The fourth-order valence-electron chi connectivity index (χ4n) is 0.868. The van der Waals surface area contributed by atoms with Crippen molar-refractivity contribution in [3.05, 3.63) is 17.8 Å². The first kappa shape index (κ1) is 9.92. The molecule has 0 saturated heterocycles. The summed E-state index contributed by atoms with van der Waals surface area (Å²) in [6.45, 7) is 6.39. The van der Waals surface area contributed by atoms with Crippen molar-refractivity contribution in [3.63, 3.8) is 0 Å². The minimum absolute atomic E-state index is 0.587. The van der Waals surface area contributed by atoms with Crippen LogP contribution in [0.15, 0.2) is 12.1 Å². The van der Waals surface area contributed by atoms with Gasteiger partial charge in [-0.05, 0) is 19.5 Å². The number of ether oxygens (including phenoxy) is 1. The summed E-state index contributed by atoms with van der Waals surface area (Å²) in [6, 6.07) is 3.71. The van der Waals surface area contributed by atoms with Gasteiger partial charge < -0.3 is 10.1 Å². The molecule has 1 aromatic rings. The highest BCUT2D eigenvalue weighted by molar-refractivity contribution is 5.09. The fraction of sp³-hybridized carbons (Fsp3) is 0.556. The van der Waals surface area contributed by atoms with Crippen LogP contribution < -0.4 is 10.1 Å². The Labute approximate surface area is 78.3 Å². The lowest BCUT2D eigenvalue weighted by atomic mass is 10.4. The molecule has 0 bridgehead atoms. The van der Waals surface area contributed by atoms with Crippen LogP contribution in [0.25, 0.3) is 0 Å². The van der Waals surface area contributed by atoms with Gasteiger partial charge in [-0.25, -0.2) is 0 Å². The number of nitrogens with zero attached hydrogens (tertiary/aromatic N) is 2. The predicted octanol–water partition coefficient (Wildman–Crippen LogP) is 0.773. The van der Waals surface area contributed by atoms with Crippen molar-refractivity contribution in [1.82, 2.24) is 15.5 Å². The SMILES string of the molecule is CCNCCOc1ccc(C)nn1. The third-order valence-corrected chi connectivity index (χ3v) is 1.55. The normalized spacial score (nSPS) is 10.0. The summed E-state index contributed by atoms with van der Waals surface area (Å²) in [7, 11) is 0. The standard InChI is InChI=1S/C9H15N3O/c1-3-10-6-7-13-9-5-4-8(2)11-12-9/h4-5,10H,3,6-7H2,1-2H3. The van der Waals surface area contributed by atoms with Crippen molar-refractivity contribution < 1.29 is 4.74 Å². The van der Waals surface area contributed by atoms with Gasteiger partial charge in [0.05, 0.1) is 5.69 Å². The summed E-state index contributed by atoms with van der Waals surface area (Å²) in [5.41, 5.74) is 0.902. The Morgan fingerprint density at radius 2 is 2.23 bits per heavy atom. The van der Waals surface area contributed by atoms with E-state index >= 15 is 0 Å². The van der Waals surface area contributed by atoms with Crippen molar-refractivity contribution >= 4 is 0 Å². The van der Waals surface area contributed by atoms with Crippen LogP contribution in [-0.2, 0) is 0 Å². The Kier molecular flexibility index (Phi) is 4.18. The zero-order chi connectivity index (χ0) is 9.52. The largest absolute Gasteiger partial charge is 0.475 e. The van der Waals surface area contributed by atoms with E-state index in [0.29, 0.717) is 12.5 Å². The van der Waals surface area contributed by atoms with Gasteiger partial charge in [0.2, 0.25) is 5.88 Å². The molecule has 0 fully saturated rings. The molecule has 0 atom stereocenters. The Morgan fingerprint density at radius 1 is 1.38 bits per heavy atom. The van der Waals surface area contributed by atoms with Crippen LogP contribution >= 0.6 is 0 Å². The van der Waals surface area contributed by atoms with Gasteiger partial charge >= 0.3 is 0 Å². The predicted molar refractivity (Wildman–Crippen MR) is 50.8 cm³/mol. The first-order valence-corrected chi connectivity index (χ1v) is 4.46. The van der Waals surface area contributed by atoms with Crippen LogP contribution in [0.1, 0.15) is 12.6 Å². The minimum Gasteiger partial charge on any atom is -0.475 e. The number of rotatable bonds is 5. The van der Waals surface area contributed by atoms with Gasteiger partial charge in [0, 0.05) is 12.6 Å². The molecule has 72 valence electrons. The number of aryl methyl sites for hydroxylation is 1. The van der Waals surface area contributed by atoms with Gasteiger partial charge in [0.25, 0.3) is 0 Å². The smallest absolute Gasteiger partial charge is 0.233 e. The van der Waals surface area contributed by atoms with E-state index in [-0.39, 0.29) is 0 Å². The van der Waals surface area contributed by atoms with Crippen LogP contribution in [0.4, 0.5) is 0 Å². The molecule has 4 nitrogen and oxygen atoms in total. The lowest BCUT2D eigenvalue weighted by Gasteiger charge is -2.04. The Morgan fingerprint density at radius 3 is 2.85 bits per heavy atom. The Bertz CT molecular complexity index is 235. The molecule has 4 heteroatoms. The van der Waals surface area contributed by atoms with Gasteiger partial charge in [0.15, 0.2) is 0 Å². The van der Waals surface area contributed by atoms with E-state index in [1.54, 1.807) is 0 Å². The molecule has 0 amide bonds. The number of hydrogen-bond donors (Lipinski definition) is 1. The summed E-state index contributed by atoms with van der Waals surface area (Å²) in [4.78, 5) is 0. The van der Waals surface area contributed by atoms with Crippen molar-refractivity contribution in [3.8, 4) is 5.88 Å². The summed E-state index contributed by atoms with van der Waals surface area (Å²) < 4.78 is 5.33. The molecule has 0 radical (unpaired) electrons. The van der Waals surface area contributed by atoms with Gasteiger partial charge in [-0.2, -0.15) is 5.10 Å². The quantitative estimate of drug-likeness (QED) is 0.682. The van der Waals surface area contributed by atoms with Crippen LogP contribution in [-0.4, -0.2) is 29.9 Å². The maximum absolute atomic E-state index is 5.33. The molecule has 0 aliphatic rings. The number of aromatic nitrogens is 2. The fourth-order valence-corrected chi connectivity index (χ4v) is 0.868. The second-order valence-electron chi connectivity index (χ2n) is 2.71. The lowest BCUT2D eigenvalue weighted by Crippen LogP contribution is -2.20. The van der Waals surface area contributed by atoms with E-state index in [4.69, 9.17) is 4.74 Å². The Hall–Kier alpha value is -1.16. The van der Waals surface area contributed by atoms with E-state index in [1.807, 2.05) is 19.1 Å². The van der Waals surface area contributed by atoms with Gasteiger partial charge in [-0.1, -0.05) is 6.92 Å². The van der Waals surface area contributed by atoms with E-state index in [1.165, 1.54) is 0 Å². The molecule has 0 aliphatic heterocycles. The molecule has 0 aliphatic carbocycles. The molecule has 0 saturated carbocycles. The minimum atomic E-state index is 0.587. The average molecular weight is 181 g/mol. The number of hydrogen-bond acceptors (Lipinski definition) is 4. The maximum Gasteiger partial charge on any atom is 0.233 e. The van der Waals surface area contributed by atoms with Gasteiger partial charge in [-0.15, -0.1) is 5.10 Å². The summed E-state index contributed by atoms with van der Waals surface area (Å²) in [5.74, 6) is 0.587. The van der Waals surface area contributed by atoms with Crippen LogP contribution in [0, 0.1) is 6.92 Å². The van der Waals surface area contributed by atoms with Crippen molar-refractivity contribution in [2.45, 2.75) is 13.8 Å². The zero-order valence-electron chi connectivity index (χ0n) is 8.08. The third kappa shape index (κ3) is 3.85. The van der Waals surface area contributed by atoms with Crippen molar-refractivity contribution in [2.24, 2.45) is 0 Å². The third-order valence-electron chi connectivity index (χ3n) is 1.55. The van der Waals surface area contributed by atoms with Gasteiger partial charge in [0.1, 0.15) is 6.61 Å². The van der Waals surface area contributed by atoms with Crippen molar-refractivity contribution in [1.29, 1.82) is 0 Å². The lowest BCUT2D eigenvalue weighted by molar-refractivity contribution is 0.300. The van der Waals surface area contributed by atoms with Crippen molar-refractivity contribution in [2.75, 3.05) is 19.7 Å². The summed E-state index contributed by atoms with van der Waals surface area (Å²) in [5, 5.41) is 10.9. The van der Waals surface area contributed by atoms with Crippen LogP contribution in [0.5, 0.6) is 5.88 Å². The summed E-state index contributed by atoms with van der Waals surface area (Å²) in [6.07, 6.45) is 0. The molecule has 1 N–H and O–H groups in total. The maximum atomic E-state index is 5.33. The molecule has 1 rings (SSSR count). The monoisotopic (exact) mass is 181 g/mol. The molecular weight excluding hydrogens is 166 g/mol. The number of likely N-dealkylation sites (N-methyl/N-ethyl adjacent to an activating group) is 1. The average Bonchev–Trinajstić information content (AvgIpc) is 2.15. The Balaban J connectivity index is 2.25. The highest BCUT2D eigenvalue weighted by atomic mass is 16.5. The second kappa shape index (κ2) is 5.48. The van der Waals surface area contributed by atoms with E-state index < -0.39 is 0 Å². The van der Waals surface area contributed by atoms with E-state index in [0.717, 1.165) is 18.8 Å².